The number of benzene rings is 1. The number of aliphatic carboxylic acids is 1. The monoisotopic (exact) mass is 399 g/mol. The second-order valence-electron chi connectivity index (χ2n) is 4.43. The third kappa shape index (κ3) is 3.17. The third-order valence-corrected chi connectivity index (χ3v) is 3.45. The van der Waals surface area contributed by atoms with Gasteiger partial charge in [0.15, 0.2) is 5.60 Å². The molecule has 0 atom stereocenters. The van der Waals surface area contributed by atoms with Crippen molar-refractivity contribution in [2.75, 3.05) is 0 Å². The summed E-state index contributed by atoms with van der Waals surface area (Å²) in [6, 6.07) is 3.69. The van der Waals surface area contributed by atoms with E-state index < -0.39 is 23.5 Å². The zero-order valence-corrected chi connectivity index (χ0v) is 12.6. The average molecular weight is 399 g/mol. The molecule has 0 heterocycles. The number of hydrogen-bond donors (Lipinski definition) is 1. The normalized spacial score (nSPS) is 12.1. The molecular weight excluding hydrogens is 389 g/mol. The van der Waals surface area contributed by atoms with Gasteiger partial charge in [-0.15, -0.1) is 0 Å². The van der Waals surface area contributed by atoms with Crippen molar-refractivity contribution in [1.82, 2.24) is 0 Å². The zero-order valence-electron chi connectivity index (χ0n) is 10.4. The summed E-state index contributed by atoms with van der Waals surface area (Å²) >= 11 is 1.81. The highest BCUT2D eigenvalue weighted by Crippen LogP contribution is 2.32. The van der Waals surface area contributed by atoms with Gasteiger partial charge >= 0.3 is 11.9 Å². The minimum atomic E-state index is -4.35. The summed E-state index contributed by atoms with van der Waals surface area (Å²) in [5, 5.41) is 19.8. The molecule has 0 aliphatic heterocycles. The van der Waals surface area contributed by atoms with E-state index in [1.807, 2.05) is 0 Å². The highest BCUT2D eigenvalue weighted by Gasteiger charge is 2.51. The van der Waals surface area contributed by atoms with Crippen LogP contribution in [0.3, 0.4) is 0 Å². The molecule has 0 radical (unpaired) electrons. The van der Waals surface area contributed by atoms with Crippen LogP contribution in [0.4, 0.5) is 8.78 Å². The number of esters is 1. The summed E-state index contributed by atoms with van der Waals surface area (Å²) < 4.78 is 31.7. The van der Waals surface area contributed by atoms with Crippen LogP contribution >= 0.6 is 22.6 Å². The van der Waals surface area contributed by atoms with E-state index in [9.17, 15) is 28.6 Å². The van der Waals surface area contributed by atoms with E-state index >= 15 is 0 Å². The number of carbonyl (C=O) groups is 2. The zero-order chi connectivity index (χ0) is 15.7. The van der Waals surface area contributed by atoms with Gasteiger partial charge < -0.3 is 19.7 Å². The Hall–Kier alpha value is -1.45. The molecule has 0 amide bonds. The van der Waals surface area contributed by atoms with Gasteiger partial charge in [0.2, 0.25) is 0 Å². The molecule has 8 heteroatoms. The maximum atomic E-state index is 13.4. The number of aromatic hydroxyl groups is 1. The largest absolute Gasteiger partial charge is 0.544 e. The van der Waals surface area contributed by atoms with Crippen LogP contribution in [0.5, 0.6) is 5.75 Å². The number of carboxylic acid groups (broad SMARTS) is 1. The molecule has 0 fully saturated rings. The second-order valence-corrected chi connectivity index (χ2v) is 5.59. The molecule has 1 aromatic carbocycles. The maximum Gasteiger partial charge on any atom is 0.339 e. The van der Waals surface area contributed by atoms with Gasteiger partial charge in [0.1, 0.15) is 11.7 Å². The fourth-order valence-electron chi connectivity index (χ4n) is 1.24. The summed E-state index contributed by atoms with van der Waals surface area (Å²) in [4.78, 5) is 22.1. The van der Waals surface area contributed by atoms with Crippen LogP contribution in [-0.2, 0) is 9.53 Å². The minimum Gasteiger partial charge on any atom is -0.544 e. The first-order chi connectivity index (χ1) is 8.99. The summed E-state index contributed by atoms with van der Waals surface area (Å²) in [5.41, 5.74) is -2.77. The van der Waals surface area contributed by atoms with Crippen LogP contribution in [0.2, 0.25) is 0 Å². The van der Waals surface area contributed by atoms with Crippen LogP contribution in [-0.4, -0.2) is 28.6 Å². The number of ether oxygens (including phenoxy) is 1. The number of rotatable bonds is 4. The molecular formula is C12H10F2IO5-. The van der Waals surface area contributed by atoms with Crippen LogP contribution < -0.4 is 5.11 Å². The number of carboxylic acids is 1. The first-order valence-corrected chi connectivity index (χ1v) is 6.38. The highest BCUT2D eigenvalue weighted by molar-refractivity contribution is 14.1. The number of hydrogen-bond acceptors (Lipinski definition) is 5. The molecule has 0 spiro atoms. The van der Waals surface area contributed by atoms with Crippen molar-refractivity contribution in [3.05, 3.63) is 27.3 Å². The van der Waals surface area contributed by atoms with Crippen LogP contribution in [0.25, 0.3) is 0 Å². The fraction of sp³-hybridized carbons (Fsp3) is 0.333. The predicted molar refractivity (Wildman–Crippen MR) is 70.3 cm³/mol. The Morgan fingerprint density at radius 3 is 2.35 bits per heavy atom. The Kier molecular flexibility index (Phi) is 4.57. The molecule has 0 saturated heterocycles. The molecule has 5 nitrogen and oxygen atoms in total. The standard InChI is InChI=1S/C12H11F2IO5/c1-11(2,12(13,14)10(18)19)20-9(17)6-3-4-7(15)8(16)5-6/h3-5,16H,1-2H3,(H,18,19)/p-1. The molecule has 1 rings (SSSR count). The fourth-order valence-corrected chi connectivity index (χ4v) is 1.58. The van der Waals surface area contributed by atoms with Gasteiger partial charge in [0, 0.05) is 0 Å². The number of alkyl halides is 2. The van der Waals surface area contributed by atoms with Crippen LogP contribution in [0.1, 0.15) is 24.2 Å². The lowest BCUT2D eigenvalue weighted by Gasteiger charge is -2.33. The molecule has 0 aliphatic carbocycles. The topological polar surface area (TPSA) is 86.7 Å². The number of phenolic OH excluding ortho intramolecular Hbond substituents is 1. The van der Waals surface area contributed by atoms with Gasteiger partial charge in [-0.1, -0.05) is 0 Å². The SMILES string of the molecule is CC(C)(OC(=O)c1ccc(I)c(O)c1)C(F)(F)C(=O)[O-]. The quantitative estimate of drug-likeness (QED) is 0.610. The Morgan fingerprint density at radius 2 is 1.90 bits per heavy atom. The Bertz CT molecular complexity index is 557. The van der Waals surface area contributed by atoms with Crippen molar-refractivity contribution < 1.29 is 33.3 Å². The smallest absolute Gasteiger partial charge is 0.339 e. The van der Waals surface area contributed by atoms with Crippen molar-refractivity contribution in [1.29, 1.82) is 0 Å². The molecule has 0 aliphatic rings. The van der Waals surface area contributed by atoms with Gasteiger partial charge in [0.25, 0.3) is 0 Å². The van der Waals surface area contributed by atoms with Crippen LogP contribution in [0, 0.1) is 3.57 Å². The number of phenols is 1. The molecule has 110 valence electrons. The van der Waals surface area contributed by atoms with Gasteiger partial charge in [0.05, 0.1) is 9.13 Å². The average Bonchev–Trinajstić information content (AvgIpc) is 2.31. The third-order valence-electron chi connectivity index (χ3n) is 2.54. The van der Waals surface area contributed by atoms with E-state index in [1.165, 1.54) is 12.1 Å². The Balaban J connectivity index is 3.00. The molecule has 1 N–H and O–H groups in total. The summed E-state index contributed by atoms with van der Waals surface area (Å²) in [7, 11) is 0. The van der Waals surface area contributed by atoms with Gasteiger partial charge in [-0.3, -0.25) is 0 Å². The predicted octanol–water partition coefficient (Wildman–Crippen LogP) is 1.32. The minimum absolute atomic E-state index is 0.176. The van der Waals surface area contributed by atoms with E-state index in [-0.39, 0.29) is 11.3 Å². The van der Waals surface area contributed by atoms with E-state index in [0.29, 0.717) is 3.57 Å². The first kappa shape index (κ1) is 16.6. The van der Waals surface area contributed by atoms with Gasteiger partial charge in [-0.2, -0.15) is 8.78 Å². The van der Waals surface area contributed by atoms with Gasteiger partial charge in [-0.25, -0.2) is 4.79 Å². The summed E-state index contributed by atoms with van der Waals surface area (Å²) in [5.74, 6) is -8.39. The molecule has 0 unspecified atom stereocenters. The van der Waals surface area contributed by atoms with Gasteiger partial charge in [-0.05, 0) is 54.6 Å². The van der Waals surface area contributed by atoms with Crippen molar-refractivity contribution in [2.45, 2.75) is 25.4 Å². The lowest BCUT2D eigenvalue weighted by molar-refractivity contribution is -0.341. The lowest BCUT2D eigenvalue weighted by atomic mass is 10.0. The molecule has 0 saturated carbocycles. The Labute approximate surface area is 126 Å². The molecule has 1 aromatic rings. The maximum absolute atomic E-state index is 13.4. The first-order valence-electron chi connectivity index (χ1n) is 5.30. The number of halogens is 3. The summed E-state index contributed by atoms with van der Waals surface area (Å²) in [6.45, 7) is 1.51. The van der Waals surface area contributed by atoms with Crippen molar-refractivity contribution in [3.8, 4) is 5.75 Å². The van der Waals surface area contributed by atoms with Crippen molar-refractivity contribution >= 4 is 34.5 Å². The van der Waals surface area contributed by atoms with E-state index in [0.717, 1.165) is 19.9 Å². The Morgan fingerprint density at radius 1 is 1.35 bits per heavy atom. The number of carbonyl (C=O) groups excluding carboxylic acids is 2. The highest BCUT2D eigenvalue weighted by atomic mass is 127. The van der Waals surface area contributed by atoms with Crippen molar-refractivity contribution in [2.24, 2.45) is 0 Å². The van der Waals surface area contributed by atoms with Crippen molar-refractivity contribution in [3.63, 3.8) is 0 Å². The van der Waals surface area contributed by atoms with E-state index in [4.69, 9.17) is 0 Å². The molecule has 0 aromatic heterocycles. The molecule has 0 bridgehead atoms. The van der Waals surface area contributed by atoms with Crippen LogP contribution in [0.15, 0.2) is 18.2 Å². The second kappa shape index (κ2) is 5.51. The van der Waals surface area contributed by atoms with E-state index in [1.54, 1.807) is 22.6 Å². The molecule has 20 heavy (non-hydrogen) atoms. The van der Waals surface area contributed by atoms with E-state index in [2.05, 4.69) is 4.74 Å². The lowest BCUT2D eigenvalue weighted by Crippen LogP contribution is -2.57. The summed E-state index contributed by atoms with van der Waals surface area (Å²) in [6.07, 6.45) is 0.